The molecular weight excluding hydrogens is 360 g/mol. The average molecular weight is 390 g/mol. The van der Waals surface area contributed by atoms with Gasteiger partial charge in [-0.25, -0.2) is 0 Å². The van der Waals surface area contributed by atoms with Crippen molar-refractivity contribution in [3.05, 3.63) is 41.3 Å². The van der Waals surface area contributed by atoms with Crippen molar-refractivity contribution in [1.82, 2.24) is 10.5 Å². The number of nitrogens with one attached hydrogen (secondary N) is 3. The number of methoxy groups -OCH3 is 2. The van der Waals surface area contributed by atoms with E-state index in [0.717, 1.165) is 49.7 Å². The van der Waals surface area contributed by atoms with E-state index in [1.807, 2.05) is 31.2 Å². The van der Waals surface area contributed by atoms with Crippen LogP contribution in [0.15, 0.2) is 28.8 Å². The van der Waals surface area contributed by atoms with Crippen molar-refractivity contribution in [3.8, 4) is 11.5 Å². The number of amides is 1. The molecule has 1 amide bonds. The fraction of sp³-hybridized carbons (Fsp3) is 0.500. The summed E-state index contributed by atoms with van der Waals surface area (Å²) in [6.45, 7) is 7.81. The van der Waals surface area contributed by atoms with Crippen LogP contribution in [0.5, 0.6) is 11.5 Å². The topological polar surface area (TPSA) is 82.5 Å². The van der Waals surface area contributed by atoms with Gasteiger partial charge >= 0.3 is 0 Å². The lowest BCUT2D eigenvalue weighted by molar-refractivity contribution is -1.02. The Morgan fingerprint density at radius 1 is 1.11 bits per heavy atom. The summed E-state index contributed by atoms with van der Waals surface area (Å²) in [6, 6.07) is 7.67. The molecule has 8 nitrogen and oxygen atoms in total. The van der Waals surface area contributed by atoms with Gasteiger partial charge in [-0.3, -0.25) is 4.79 Å². The molecule has 8 heteroatoms. The lowest BCUT2D eigenvalue weighted by Crippen LogP contribution is -3.28. The first-order valence-electron chi connectivity index (χ1n) is 9.64. The van der Waals surface area contributed by atoms with E-state index in [9.17, 15) is 4.79 Å². The fourth-order valence-corrected chi connectivity index (χ4v) is 3.55. The smallest absolute Gasteiger partial charge is 0.275 e. The Balaban J connectivity index is 1.40. The van der Waals surface area contributed by atoms with Crippen LogP contribution in [0.2, 0.25) is 0 Å². The minimum atomic E-state index is 0.0698. The van der Waals surface area contributed by atoms with Crippen LogP contribution in [-0.4, -0.2) is 58.0 Å². The van der Waals surface area contributed by atoms with Crippen LogP contribution in [-0.2, 0) is 17.9 Å². The first-order valence-corrected chi connectivity index (χ1v) is 9.64. The van der Waals surface area contributed by atoms with Gasteiger partial charge in [-0.05, 0) is 24.6 Å². The maximum atomic E-state index is 12.3. The van der Waals surface area contributed by atoms with Crippen LogP contribution in [0, 0.1) is 6.92 Å². The van der Waals surface area contributed by atoms with E-state index in [2.05, 4.69) is 10.5 Å². The summed E-state index contributed by atoms with van der Waals surface area (Å²) in [5.74, 6) is 2.27. The van der Waals surface area contributed by atoms with Crippen molar-refractivity contribution in [2.24, 2.45) is 0 Å². The van der Waals surface area contributed by atoms with E-state index in [1.54, 1.807) is 14.2 Å². The summed E-state index contributed by atoms with van der Waals surface area (Å²) in [4.78, 5) is 15.1. The summed E-state index contributed by atoms with van der Waals surface area (Å²) >= 11 is 0. The van der Waals surface area contributed by atoms with Crippen molar-refractivity contribution >= 4 is 5.91 Å². The number of hydrogen-bond acceptors (Lipinski definition) is 5. The van der Waals surface area contributed by atoms with Gasteiger partial charge in [0.2, 0.25) is 0 Å². The Kier molecular flexibility index (Phi) is 6.89. The maximum absolute atomic E-state index is 12.3. The third-order valence-electron chi connectivity index (χ3n) is 5.12. The normalized spacial score (nSPS) is 19.2. The summed E-state index contributed by atoms with van der Waals surface area (Å²) < 4.78 is 15.7. The van der Waals surface area contributed by atoms with E-state index >= 15 is 0 Å². The number of aromatic nitrogens is 1. The molecule has 0 atom stereocenters. The highest BCUT2D eigenvalue weighted by Crippen LogP contribution is 2.27. The van der Waals surface area contributed by atoms with Crippen LogP contribution in [0.4, 0.5) is 0 Å². The molecule has 0 spiro atoms. The largest absolute Gasteiger partial charge is 0.493 e. The Hall–Kier alpha value is -2.58. The average Bonchev–Trinajstić information content (AvgIpc) is 3.12. The Labute approximate surface area is 165 Å². The third kappa shape index (κ3) is 5.46. The first kappa shape index (κ1) is 20.2. The van der Waals surface area contributed by atoms with Gasteiger partial charge in [0.25, 0.3) is 5.91 Å². The molecule has 1 fully saturated rings. The van der Waals surface area contributed by atoms with Crippen LogP contribution >= 0.6 is 0 Å². The zero-order valence-corrected chi connectivity index (χ0v) is 16.8. The van der Waals surface area contributed by atoms with Crippen LogP contribution in [0.25, 0.3) is 0 Å². The molecule has 0 saturated carbocycles. The molecule has 2 heterocycles. The van der Waals surface area contributed by atoms with Gasteiger partial charge in [-0.1, -0.05) is 11.2 Å². The number of piperazine rings is 1. The van der Waals surface area contributed by atoms with Gasteiger partial charge in [0, 0.05) is 12.6 Å². The molecule has 0 bridgehead atoms. The van der Waals surface area contributed by atoms with Crippen molar-refractivity contribution < 1.29 is 28.6 Å². The number of carbonyl (C=O) groups excluding carboxylic acids is 1. The molecule has 1 saturated heterocycles. The SMILES string of the molecule is COc1ccc(CNC(=O)C[NH+]2CC[NH+](Cc3cc(C)on3)CC2)cc1OC. The Morgan fingerprint density at radius 3 is 2.46 bits per heavy atom. The Morgan fingerprint density at radius 2 is 1.82 bits per heavy atom. The highest BCUT2D eigenvalue weighted by atomic mass is 16.5. The summed E-state index contributed by atoms with van der Waals surface area (Å²) in [7, 11) is 3.21. The van der Waals surface area contributed by atoms with E-state index < -0.39 is 0 Å². The van der Waals surface area contributed by atoms with Gasteiger partial charge in [-0.15, -0.1) is 0 Å². The number of rotatable bonds is 8. The molecule has 1 aromatic heterocycles. The van der Waals surface area contributed by atoms with E-state index in [1.165, 1.54) is 9.80 Å². The number of carbonyl (C=O) groups is 1. The lowest BCUT2D eigenvalue weighted by Gasteiger charge is -2.28. The zero-order valence-electron chi connectivity index (χ0n) is 16.8. The molecule has 0 unspecified atom stereocenters. The van der Waals surface area contributed by atoms with Crippen LogP contribution in [0.3, 0.4) is 0 Å². The molecule has 28 heavy (non-hydrogen) atoms. The standard InChI is InChI=1S/C20H28N4O4/c1-15-10-17(22-28-15)13-23-6-8-24(9-7-23)14-20(25)21-12-16-4-5-18(26-2)19(11-16)27-3/h4-5,10-11H,6-9,12-14H2,1-3H3,(H,21,25)/p+2. The van der Waals surface area contributed by atoms with Crippen molar-refractivity contribution in [2.45, 2.75) is 20.0 Å². The van der Waals surface area contributed by atoms with Crippen LogP contribution in [0.1, 0.15) is 17.0 Å². The van der Waals surface area contributed by atoms with Gasteiger partial charge in [-0.2, -0.15) is 0 Å². The second-order valence-corrected chi connectivity index (χ2v) is 7.25. The zero-order chi connectivity index (χ0) is 19.9. The van der Waals surface area contributed by atoms with Crippen molar-refractivity contribution in [1.29, 1.82) is 0 Å². The molecule has 1 aliphatic rings. The number of quaternary nitrogens is 2. The first-order chi connectivity index (χ1) is 13.6. The molecule has 152 valence electrons. The number of hydrogen-bond donors (Lipinski definition) is 3. The van der Waals surface area contributed by atoms with E-state index in [4.69, 9.17) is 14.0 Å². The fourth-order valence-electron chi connectivity index (χ4n) is 3.55. The predicted molar refractivity (Wildman–Crippen MR) is 103 cm³/mol. The number of aryl methyl sites for hydroxylation is 1. The molecule has 3 N–H and O–H groups in total. The van der Waals surface area contributed by atoms with Gasteiger partial charge < -0.3 is 29.1 Å². The van der Waals surface area contributed by atoms with E-state index in [0.29, 0.717) is 24.6 Å². The Bertz CT molecular complexity index is 784. The minimum absolute atomic E-state index is 0.0698. The van der Waals surface area contributed by atoms with Crippen molar-refractivity contribution in [3.63, 3.8) is 0 Å². The summed E-state index contributed by atoms with van der Waals surface area (Å²) in [5, 5.41) is 7.07. The molecule has 2 aromatic rings. The molecule has 0 radical (unpaired) electrons. The monoisotopic (exact) mass is 390 g/mol. The highest BCUT2D eigenvalue weighted by molar-refractivity contribution is 5.76. The van der Waals surface area contributed by atoms with Crippen molar-refractivity contribution in [2.75, 3.05) is 46.9 Å². The molecular formula is C20H30N4O4+2. The molecule has 1 aromatic carbocycles. The highest BCUT2D eigenvalue weighted by Gasteiger charge is 2.25. The maximum Gasteiger partial charge on any atom is 0.275 e. The van der Waals surface area contributed by atoms with Gasteiger partial charge in [0.1, 0.15) is 44.2 Å². The second kappa shape index (κ2) is 9.57. The van der Waals surface area contributed by atoms with E-state index in [-0.39, 0.29) is 5.91 Å². The number of ether oxygens (including phenoxy) is 2. The van der Waals surface area contributed by atoms with Gasteiger partial charge in [0.15, 0.2) is 18.0 Å². The molecule has 1 aliphatic heterocycles. The quantitative estimate of drug-likeness (QED) is 0.517. The summed E-state index contributed by atoms with van der Waals surface area (Å²) in [5.41, 5.74) is 1.99. The lowest BCUT2D eigenvalue weighted by atomic mass is 10.2. The van der Waals surface area contributed by atoms with Crippen LogP contribution < -0.4 is 24.6 Å². The second-order valence-electron chi connectivity index (χ2n) is 7.25. The molecule has 0 aliphatic carbocycles. The van der Waals surface area contributed by atoms with Gasteiger partial charge in [0.05, 0.1) is 14.2 Å². The predicted octanol–water partition coefficient (Wildman–Crippen LogP) is -1.40. The third-order valence-corrected chi connectivity index (χ3v) is 5.12. The number of nitrogens with zero attached hydrogens (tertiary/aromatic N) is 1. The molecule has 3 rings (SSSR count). The number of benzene rings is 1. The summed E-state index contributed by atoms with van der Waals surface area (Å²) in [6.07, 6.45) is 0. The minimum Gasteiger partial charge on any atom is -0.493 e.